The van der Waals surface area contributed by atoms with Crippen LogP contribution in [0.15, 0.2) is 35.5 Å². The van der Waals surface area contributed by atoms with Crippen LogP contribution in [-0.4, -0.2) is 30.0 Å². The van der Waals surface area contributed by atoms with E-state index in [1.54, 1.807) is 33.2 Å². The Morgan fingerprint density at radius 1 is 1.40 bits per heavy atom. The number of nitrogens with one attached hydrogen (secondary N) is 2. The maximum Gasteiger partial charge on any atom is 0.253 e. The molecule has 0 spiro atoms. The largest absolute Gasteiger partial charge is 0.351 e. The first-order chi connectivity index (χ1) is 9.40. The Bertz CT molecular complexity index is 598. The molecule has 1 aromatic rings. The standard InChI is InChI=1S/C14H16FN3OS/c1-8-11(13(19)18(2)3)12(17-14(20)16-8)9-5-4-6-10(15)7-9/h4-7,12H,1-3H3,(H2,16,17,20)/t12-/m0/s1. The van der Waals surface area contributed by atoms with Gasteiger partial charge in [-0.2, -0.15) is 0 Å². The summed E-state index contributed by atoms with van der Waals surface area (Å²) in [5, 5.41) is 6.39. The van der Waals surface area contributed by atoms with Gasteiger partial charge in [-0.15, -0.1) is 0 Å². The highest BCUT2D eigenvalue weighted by atomic mass is 32.1. The molecule has 0 saturated carbocycles. The normalized spacial score (nSPS) is 18.4. The second kappa shape index (κ2) is 5.58. The van der Waals surface area contributed by atoms with Gasteiger partial charge in [0, 0.05) is 19.8 Å². The van der Waals surface area contributed by atoms with E-state index in [1.807, 2.05) is 0 Å². The average molecular weight is 293 g/mol. The molecule has 1 atom stereocenters. The fourth-order valence-corrected chi connectivity index (χ4v) is 2.43. The molecule has 0 saturated heterocycles. The van der Waals surface area contributed by atoms with Crippen molar-refractivity contribution in [2.75, 3.05) is 14.1 Å². The van der Waals surface area contributed by atoms with Crippen molar-refractivity contribution in [3.63, 3.8) is 0 Å². The number of likely N-dealkylation sites (N-methyl/N-ethyl adjacent to an activating group) is 1. The first-order valence-electron chi connectivity index (χ1n) is 6.15. The number of halogens is 1. The van der Waals surface area contributed by atoms with Crippen LogP contribution in [0.3, 0.4) is 0 Å². The summed E-state index contributed by atoms with van der Waals surface area (Å²) in [6.45, 7) is 1.79. The zero-order chi connectivity index (χ0) is 14.9. The molecule has 0 radical (unpaired) electrons. The molecule has 1 aliphatic rings. The molecular formula is C14H16FN3OS. The van der Waals surface area contributed by atoms with Crippen molar-refractivity contribution in [2.45, 2.75) is 13.0 Å². The van der Waals surface area contributed by atoms with Crippen molar-refractivity contribution in [3.05, 3.63) is 46.9 Å². The van der Waals surface area contributed by atoms with Gasteiger partial charge in [-0.3, -0.25) is 4.79 Å². The van der Waals surface area contributed by atoms with Crippen molar-refractivity contribution in [2.24, 2.45) is 0 Å². The SMILES string of the molecule is CC1=C(C(=O)N(C)C)[C@H](c2cccc(F)c2)NC(=S)N1. The molecule has 0 bridgehead atoms. The fourth-order valence-electron chi connectivity index (χ4n) is 2.15. The lowest BCUT2D eigenvalue weighted by molar-refractivity contribution is -0.125. The van der Waals surface area contributed by atoms with E-state index < -0.39 is 6.04 Å². The van der Waals surface area contributed by atoms with E-state index >= 15 is 0 Å². The minimum Gasteiger partial charge on any atom is -0.351 e. The van der Waals surface area contributed by atoms with Crippen LogP contribution in [0.1, 0.15) is 18.5 Å². The number of carbonyl (C=O) groups excluding carboxylic acids is 1. The van der Waals surface area contributed by atoms with Crippen molar-refractivity contribution < 1.29 is 9.18 Å². The Labute approximate surface area is 122 Å². The zero-order valence-electron chi connectivity index (χ0n) is 11.5. The lowest BCUT2D eigenvalue weighted by atomic mass is 9.94. The molecule has 1 amide bonds. The summed E-state index contributed by atoms with van der Waals surface area (Å²) in [6.07, 6.45) is 0. The molecule has 1 heterocycles. The van der Waals surface area contributed by atoms with Crippen LogP contribution in [0.4, 0.5) is 4.39 Å². The van der Waals surface area contributed by atoms with Crippen LogP contribution in [-0.2, 0) is 4.79 Å². The number of benzene rings is 1. The minimum atomic E-state index is -0.450. The lowest BCUT2D eigenvalue weighted by Crippen LogP contribution is -2.46. The van der Waals surface area contributed by atoms with Gasteiger partial charge in [-0.1, -0.05) is 12.1 Å². The van der Waals surface area contributed by atoms with Gasteiger partial charge in [0.25, 0.3) is 5.91 Å². The maximum atomic E-state index is 13.4. The number of hydrogen-bond donors (Lipinski definition) is 2. The molecule has 0 unspecified atom stereocenters. The van der Waals surface area contributed by atoms with Gasteiger partial charge >= 0.3 is 0 Å². The summed E-state index contributed by atoms with van der Waals surface area (Å²) in [5.41, 5.74) is 1.88. The summed E-state index contributed by atoms with van der Waals surface area (Å²) in [6, 6.07) is 5.71. The molecule has 4 nitrogen and oxygen atoms in total. The smallest absolute Gasteiger partial charge is 0.253 e. The Hall–Kier alpha value is -1.95. The Kier molecular flexibility index (Phi) is 4.04. The van der Waals surface area contributed by atoms with Gasteiger partial charge in [-0.25, -0.2) is 4.39 Å². The van der Waals surface area contributed by atoms with E-state index in [1.165, 1.54) is 17.0 Å². The predicted molar refractivity (Wildman–Crippen MR) is 79.4 cm³/mol. The van der Waals surface area contributed by atoms with E-state index in [9.17, 15) is 9.18 Å². The van der Waals surface area contributed by atoms with Crippen LogP contribution in [0.5, 0.6) is 0 Å². The Balaban J connectivity index is 2.50. The van der Waals surface area contributed by atoms with Gasteiger partial charge in [0.05, 0.1) is 11.6 Å². The number of amides is 1. The van der Waals surface area contributed by atoms with Crippen molar-refractivity contribution in [1.29, 1.82) is 0 Å². The molecule has 20 heavy (non-hydrogen) atoms. The molecule has 1 aromatic carbocycles. The van der Waals surface area contributed by atoms with Gasteiger partial charge in [0.2, 0.25) is 0 Å². The van der Waals surface area contributed by atoms with Crippen LogP contribution in [0.2, 0.25) is 0 Å². The van der Waals surface area contributed by atoms with E-state index in [2.05, 4.69) is 10.6 Å². The topological polar surface area (TPSA) is 44.4 Å². The van der Waals surface area contributed by atoms with Gasteiger partial charge in [0.1, 0.15) is 5.82 Å². The van der Waals surface area contributed by atoms with Crippen LogP contribution < -0.4 is 10.6 Å². The molecule has 6 heteroatoms. The first-order valence-corrected chi connectivity index (χ1v) is 6.56. The molecule has 0 aliphatic carbocycles. The third-order valence-electron chi connectivity index (χ3n) is 3.09. The number of nitrogens with zero attached hydrogens (tertiary/aromatic N) is 1. The molecule has 2 rings (SSSR count). The van der Waals surface area contributed by atoms with E-state index in [-0.39, 0.29) is 11.7 Å². The number of allylic oxidation sites excluding steroid dienone is 1. The summed E-state index contributed by atoms with van der Waals surface area (Å²) in [7, 11) is 3.36. The third kappa shape index (κ3) is 2.80. The fraction of sp³-hybridized carbons (Fsp3) is 0.286. The summed E-state index contributed by atoms with van der Waals surface area (Å²) in [4.78, 5) is 13.8. The lowest BCUT2D eigenvalue weighted by Gasteiger charge is -2.31. The Morgan fingerprint density at radius 2 is 2.10 bits per heavy atom. The average Bonchev–Trinajstić information content (AvgIpc) is 2.37. The molecule has 0 fully saturated rings. The summed E-state index contributed by atoms with van der Waals surface area (Å²) < 4.78 is 13.4. The van der Waals surface area contributed by atoms with Crippen molar-refractivity contribution in [1.82, 2.24) is 15.5 Å². The van der Waals surface area contributed by atoms with Crippen molar-refractivity contribution >= 4 is 23.2 Å². The van der Waals surface area contributed by atoms with E-state index in [0.29, 0.717) is 21.9 Å². The molecule has 2 N–H and O–H groups in total. The van der Waals surface area contributed by atoms with E-state index in [0.717, 1.165) is 0 Å². The third-order valence-corrected chi connectivity index (χ3v) is 3.31. The number of hydrogen-bond acceptors (Lipinski definition) is 2. The molecule has 1 aliphatic heterocycles. The second-order valence-corrected chi connectivity index (χ2v) is 5.23. The highest BCUT2D eigenvalue weighted by Gasteiger charge is 2.30. The monoisotopic (exact) mass is 293 g/mol. The molecule has 106 valence electrons. The maximum absolute atomic E-state index is 13.4. The molecular weight excluding hydrogens is 277 g/mol. The highest BCUT2D eigenvalue weighted by Crippen LogP contribution is 2.28. The van der Waals surface area contributed by atoms with Crippen LogP contribution in [0.25, 0.3) is 0 Å². The first kappa shape index (κ1) is 14.5. The van der Waals surface area contributed by atoms with Crippen LogP contribution in [0, 0.1) is 5.82 Å². The zero-order valence-corrected chi connectivity index (χ0v) is 12.3. The number of rotatable bonds is 2. The second-order valence-electron chi connectivity index (χ2n) is 4.82. The van der Waals surface area contributed by atoms with Gasteiger partial charge < -0.3 is 15.5 Å². The van der Waals surface area contributed by atoms with Gasteiger partial charge in [-0.05, 0) is 36.8 Å². The predicted octanol–water partition coefficient (Wildman–Crippen LogP) is 1.71. The minimum absolute atomic E-state index is 0.140. The quantitative estimate of drug-likeness (QED) is 0.815. The molecule has 0 aromatic heterocycles. The Morgan fingerprint density at radius 3 is 2.70 bits per heavy atom. The van der Waals surface area contributed by atoms with Crippen LogP contribution >= 0.6 is 12.2 Å². The summed E-state index contributed by atoms with van der Waals surface area (Å²) in [5.74, 6) is -0.484. The van der Waals surface area contributed by atoms with Crippen molar-refractivity contribution in [3.8, 4) is 0 Å². The summed E-state index contributed by atoms with van der Waals surface area (Å²) >= 11 is 5.12. The number of carbonyl (C=O) groups is 1. The highest BCUT2D eigenvalue weighted by molar-refractivity contribution is 7.80. The van der Waals surface area contributed by atoms with E-state index in [4.69, 9.17) is 12.2 Å². The van der Waals surface area contributed by atoms with Gasteiger partial charge in [0.15, 0.2) is 5.11 Å². The number of thiocarbonyl (C=S) groups is 1.